The minimum Gasteiger partial charge on any atom is -0.298 e. The maximum atomic E-state index is 11.4. The molecule has 1 heterocycles. The van der Waals surface area contributed by atoms with Gasteiger partial charge in [0.25, 0.3) is 10.2 Å². The maximum Gasteiger partial charge on any atom is 0.279 e. The van der Waals surface area contributed by atoms with E-state index in [4.69, 9.17) is 0 Å². The number of ketones is 1. The Morgan fingerprint density at radius 2 is 2.14 bits per heavy atom. The van der Waals surface area contributed by atoms with E-state index in [1.54, 1.807) is 13.8 Å². The van der Waals surface area contributed by atoms with E-state index in [0.717, 1.165) is 6.42 Å². The molecule has 0 amide bonds. The van der Waals surface area contributed by atoms with E-state index in [2.05, 4.69) is 4.72 Å². The third-order valence-corrected chi connectivity index (χ3v) is 3.75. The first kappa shape index (κ1) is 11.6. The summed E-state index contributed by atoms with van der Waals surface area (Å²) in [7, 11) is -3.39. The molecule has 0 aromatic heterocycles. The number of hydrogen-bond acceptors (Lipinski definition) is 3. The molecule has 1 aliphatic rings. The molecular weight excluding hydrogens is 204 g/mol. The van der Waals surface area contributed by atoms with Gasteiger partial charge in [-0.25, -0.2) is 4.72 Å². The molecule has 0 aromatic rings. The highest BCUT2D eigenvalue weighted by atomic mass is 32.2. The van der Waals surface area contributed by atoms with Crippen LogP contribution in [0.15, 0.2) is 0 Å². The lowest BCUT2D eigenvalue weighted by Crippen LogP contribution is -2.49. The number of rotatable bonds is 3. The quantitative estimate of drug-likeness (QED) is 0.713. The zero-order chi connectivity index (χ0) is 10.8. The zero-order valence-electron chi connectivity index (χ0n) is 8.49. The van der Waals surface area contributed by atoms with Crippen molar-refractivity contribution in [1.29, 1.82) is 0 Å². The van der Waals surface area contributed by atoms with Crippen molar-refractivity contribution < 1.29 is 13.2 Å². The Hall–Kier alpha value is -0.460. The van der Waals surface area contributed by atoms with Gasteiger partial charge in [0.1, 0.15) is 0 Å². The molecule has 6 heteroatoms. The van der Waals surface area contributed by atoms with Gasteiger partial charge in [0.05, 0.1) is 6.54 Å². The fourth-order valence-corrected chi connectivity index (χ4v) is 2.44. The number of nitrogens with zero attached hydrogens (tertiary/aromatic N) is 1. The van der Waals surface area contributed by atoms with E-state index in [1.807, 2.05) is 0 Å². The lowest BCUT2D eigenvalue weighted by Gasteiger charge is -2.26. The largest absolute Gasteiger partial charge is 0.298 e. The Morgan fingerprint density at radius 3 is 2.64 bits per heavy atom. The van der Waals surface area contributed by atoms with Crippen molar-refractivity contribution in [3.8, 4) is 0 Å². The van der Waals surface area contributed by atoms with Crippen LogP contribution < -0.4 is 4.72 Å². The standard InChI is InChI=1S/C8H16N2O3S/c1-7(2)8(11)6-10-5-3-4-9-14(10,12)13/h7,9H,3-6H2,1-2H3. The van der Waals surface area contributed by atoms with Crippen molar-refractivity contribution in [1.82, 2.24) is 9.03 Å². The summed E-state index contributed by atoms with van der Waals surface area (Å²) < 4.78 is 26.4. The van der Waals surface area contributed by atoms with E-state index in [9.17, 15) is 13.2 Å². The molecule has 1 N–H and O–H groups in total. The van der Waals surface area contributed by atoms with Gasteiger partial charge in [-0.3, -0.25) is 4.79 Å². The number of Topliss-reactive ketones (excluding diaryl/α,β-unsaturated/α-hetero) is 1. The van der Waals surface area contributed by atoms with Crippen molar-refractivity contribution in [2.45, 2.75) is 20.3 Å². The summed E-state index contributed by atoms with van der Waals surface area (Å²) in [5, 5.41) is 0. The van der Waals surface area contributed by atoms with Gasteiger partial charge in [0, 0.05) is 19.0 Å². The third-order valence-electron chi connectivity index (χ3n) is 2.18. The second kappa shape index (κ2) is 4.37. The highest BCUT2D eigenvalue weighted by Crippen LogP contribution is 2.07. The fourth-order valence-electron chi connectivity index (χ4n) is 1.19. The van der Waals surface area contributed by atoms with Crippen molar-refractivity contribution in [2.24, 2.45) is 5.92 Å². The predicted molar refractivity (Wildman–Crippen MR) is 53.0 cm³/mol. The maximum absolute atomic E-state index is 11.4. The molecule has 1 rings (SSSR count). The zero-order valence-corrected chi connectivity index (χ0v) is 9.30. The van der Waals surface area contributed by atoms with Crippen LogP contribution in [0.5, 0.6) is 0 Å². The first-order valence-corrected chi connectivity index (χ1v) is 6.15. The molecule has 14 heavy (non-hydrogen) atoms. The smallest absolute Gasteiger partial charge is 0.279 e. The SMILES string of the molecule is CC(C)C(=O)CN1CCCNS1(=O)=O. The lowest BCUT2D eigenvalue weighted by molar-refractivity contribution is -0.122. The van der Waals surface area contributed by atoms with Gasteiger partial charge in [-0.1, -0.05) is 13.8 Å². The molecule has 0 atom stereocenters. The summed E-state index contributed by atoms with van der Waals surface area (Å²) >= 11 is 0. The lowest BCUT2D eigenvalue weighted by atomic mass is 10.1. The average Bonchev–Trinajstić information content (AvgIpc) is 2.08. The summed E-state index contributed by atoms with van der Waals surface area (Å²) in [5.41, 5.74) is 0. The van der Waals surface area contributed by atoms with Crippen molar-refractivity contribution in [3.63, 3.8) is 0 Å². The Bertz CT molecular complexity index is 311. The Kier molecular flexibility index (Phi) is 3.63. The monoisotopic (exact) mass is 220 g/mol. The molecule has 0 saturated carbocycles. The fraction of sp³-hybridized carbons (Fsp3) is 0.875. The van der Waals surface area contributed by atoms with Crippen molar-refractivity contribution >= 4 is 16.0 Å². The topological polar surface area (TPSA) is 66.5 Å². The van der Waals surface area contributed by atoms with Gasteiger partial charge in [-0.15, -0.1) is 0 Å². The molecule has 1 fully saturated rings. The molecule has 1 saturated heterocycles. The highest BCUT2D eigenvalue weighted by Gasteiger charge is 2.27. The van der Waals surface area contributed by atoms with Gasteiger partial charge < -0.3 is 0 Å². The van der Waals surface area contributed by atoms with Crippen LogP contribution in [-0.2, 0) is 15.0 Å². The summed E-state index contributed by atoms with van der Waals surface area (Å²) in [4.78, 5) is 11.4. The molecule has 0 spiro atoms. The molecule has 0 aromatic carbocycles. The van der Waals surface area contributed by atoms with Crippen molar-refractivity contribution in [2.75, 3.05) is 19.6 Å². The summed E-state index contributed by atoms with van der Waals surface area (Å²) in [5.74, 6) is -0.163. The number of carbonyl (C=O) groups is 1. The minimum absolute atomic E-state index is 0.00694. The number of hydrogen-bond donors (Lipinski definition) is 1. The van der Waals surface area contributed by atoms with Crippen LogP contribution in [0.1, 0.15) is 20.3 Å². The molecule has 0 unspecified atom stereocenters. The van der Waals surface area contributed by atoms with E-state index >= 15 is 0 Å². The average molecular weight is 220 g/mol. The van der Waals surface area contributed by atoms with E-state index in [1.165, 1.54) is 4.31 Å². The van der Waals surface area contributed by atoms with E-state index in [-0.39, 0.29) is 18.2 Å². The molecule has 82 valence electrons. The second-order valence-corrected chi connectivity index (χ2v) is 5.46. The summed E-state index contributed by atoms with van der Waals surface area (Å²) in [6.45, 7) is 4.44. The van der Waals surface area contributed by atoms with Gasteiger partial charge in [-0.2, -0.15) is 12.7 Å². The number of carbonyl (C=O) groups excluding carboxylic acids is 1. The first-order valence-electron chi connectivity index (χ1n) is 4.71. The van der Waals surface area contributed by atoms with Crippen LogP contribution >= 0.6 is 0 Å². The normalized spacial score (nSPS) is 22.5. The molecular formula is C8H16N2O3S. The Labute approximate surface area is 84.7 Å². The van der Waals surface area contributed by atoms with Crippen LogP contribution in [0.4, 0.5) is 0 Å². The molecule has 1 aliphatic heterocycles. The molecule has 0 aliphatic carbocycles. The third kappa shape index (κ3) is 2.76. The first-order chi connectivity index (χ1) is 6.43. The Morgan fingerprint density at radius 1 is 1.50 bits per heavy atom. The van der Waals surface area contributed by atoms with Gasteiger partial charge in [0.2, 0.25) is 0 Å². The molecule has 5 nitrogen and oxygen atoms in total. The summed E-state index contributed by atoms with van der Waals surface area (Å²) in [6.07, 6.45) is 0.755. The predicted octanol–water partition coefficient (Wildman–Crippen LogP) is -0.248. The van der Waals surface area contributed by atoms with Crippen LogP contribution in [0.25, 0.3) is 0 Å². The van der Waals surface area contributed by atoms with Crippen molar-refractivity contribution in [3.05, 3.63) is 0 Å². The van der Waals surface area contributed by atoms with Gasteiger partial charge in [-0.05, 0) is 6.42 Å². The molecule has 0 bridgehead atoms. The molecule has 0 radical (unpaired) electrons. The van der Waals surface area contributed by atoms with Crippen LogP contribution in [0, 0.1) is 5.92 Å². The van der Waals surface area contributed by atoms with E-state index < -0.39 is 10.2 Å². The Balaban J connectivity index is 2.63. The van der Waals surface area contributed by atoms with Crippen LogP contribution in [0.2, 0.25) is 0 Å². The van der Waals surface area contributed by atoms with Gasteiger partial charge in [0.15, 0.2) is 5.78 Å². The summed E-state index contributed by atoms with van der Waals surface area (Å²) in [6, 6.07) is 0. The minimum atomic E-state index is -3.39. The van der Waals surface area contributed by atoms with Crippen LogP contribution in [-0.4, -0.2) is 38.1 Å². The van der Waals surface area contributed by atoms with Crippen LogP contribution in [0.3, 0.4) is 0 Å². The van der Waals surface area contributed by atoms with E-state index in [0.29, 0.717) is 13.1 Å². The highest BCUT2D eigenvalue weighted by molar-refractivity contribution is 7.87. The second-order valence-electron chi connectivity index (χ2n) is 3.71. The van der Waals surface area contributed by atoms with Gasteiger partial charge >= 0.3 is 0 Å². The number of nitrogens with one attached hydrogen (secondary N) is 1.